The van der Waals surface area contributed by atoms with Crippen LogP contribution in [0.1, 0.15) is 0 Å². The largest absolute Gasteiger partial charge is 0.369 e. The molecule has 0 fully saturated rings. The van der Waals surface area contributed by atoms with Gasteiger partial charge in [-0.2, -0.15) is 0 Å². The van der Waals surface area contributed by atoms with Crippen LogP contribution in [0.25, 0.3) is 0 Å². The van der Waals surface area contributed by atoms with E-state index in [1.54, 1.807) is 0 Å². The molecule has 0 saturated carbocycles. The summed E-state index contributed by atoms with van der Waals surface area (Å²) in [5.74, 6) is -3.16. The zero-order chi connectivity index (χ0) is 11.2. The van der Waals surface area contributed by atoms with Crippen LogP contribution in [0.15, 0.2) is 0 Å². The Bertz CT molecular complexity index is 117. The van der Waals surface area contributed by atoms with Gasteiger partial charge in [0.15, 0.2) is 0 Å². The maximum Gasteiger partial charge on any atom is 0.369 e. The van der Waals surface area contributed by atoms with E-state index in [-0.39, 0.29) is 0 Å². The minimum Gasteiger partial charge on any atom is -0.324 e. The van der Waals surface area contributed by atoms with E-state index in [1.165, 1.54) is 42.7 Å². The molecule has 0 rings (SSSR count). The molecule has 0 aromatic heterocycles. The molecule has 0 bridgehead atoms. The molecule has 0 unspecified atom stereocenters. The van der Waals surface area contributed by atoms with Gasteiger partial charge in [0.05, 0.1) is 0 Å². The molecule has 0 aromatic carbocycles. The summed E-state index contributed by atoms with van der Waals surface area (Å²) in [4.78, 5) is 0. The molecule has 0 radical (unpaired) electrons. The van der Waals surface area contributed by atoms with Gasteiger partial charge in [-0.15, -0.1) is 0 Å². The lowest BCUT2D eigenvalue weighted by molar-refractivity contribution is -0.539. The van der Waals surface area contributed by atoms with Crippen LogP contribution in [-0.4, -0.2) is 54.6 Å². The van der Waals surface area contributed by atoms with E-state index in [1.807, 2.05) is 0 Å². The molecule has 0 atom stereocenters. The predicted molar refractivity (Wildman–Crippen MR) is 47.5 cm³/mol. The van der Waals surface area contributed by atoms with Gasteiger partial charge in [0, 0.05) is 42.7 Å². The Morgan fingerprint density at radius 2 is 0.571 bits per heavy atom. The van der Waals surface area contributed by atoms with Crippen LogP contribution in [0.4, 0.5) is 0 Å². The summed E-state index contributed by atoms with van der Waals surface area (Å²) in [6.07, 6.45) is 0. The van der Waals surface area contributed by atoms with Gasteiger partial charge in [-0.25, -0.2) is 0 Å². The Morgan fingerprint density at radius 1 is 0.429 bits per heavy atom. The minimum absolute atomic E-state index is 1.39. The molecule has 0 heterocycles. The first-order valence-electron chi connectivity index (χ1n) is 3.92. The minimum atomic E-state index is -1.58. The van der Waals surface area contributed by atoms with Crippen molar-refractivity contribution >= 4 is 0 Å². The van der Waals surface area contributed by atoms with E-state index in [9.17, 15) is 0 Å². The highest BCUT2D eigenvalue weighted by molar-refractivity contribution is 4.70. The average Bonchev–Trinajstić information content (AvgIpc) is 2.27. The highest BCUT2D eigenvalue weighted by Gasteiger charge is 2.58. The zero-order valence-corrected chi connectivity index (χ0v) is 9.45. The van der Waals surface area contributed by atoms with Gasteiger partial charge >= 0.3 is 11.9 Å². The Balaban J connectivity index is 5.08. The van der Waals surface area contributed by atoms with Gasteiger partial charge < -0.3 is 28.4 Å². The first-order chi connectivity index (χ1) is 6.61. The number of hydrogen-bond acceptors (Lipinski definition) is 6. The predicted octanol–water partition coefficient (Wildman–Crippen LogP) is 0.172. The van der Waals surface area contributed by atoms with E-state index >= 15 is 0 Å². The maximum atomic E-state index is 5.06. The van der Waals surface area contributed by atoms with Crippen molar-refractivity contribution < 1.29 is 28.4 Å². The quantitative estimate of drug-likeness (QED) is 0.558. The monoisotopic (exact) mass is 210 g/mol. The molecule has 0 N–H and O–H groups in total. The smallest absolute Gasteiger partial charge is 0.324 e. The summed E-state index contributed by atoms with van der Waals surface area (Å²) in [5, 5.41) is 0. The van der Waals surface area contributed by atoms with Crippen molar-refractivity contribution in [3.8, 4) is 0 Å². The summed E-state index contributed by atoms with van der Waals surface area (Å²) in [6.45, 7) is 0. The molecule has 0 spiro atoms. The summed E-state index contributed by atoms with van der Waals surface area (Å²) in [7, 11) is 8.33. The Kier molecular flexibility index (Phi) is 5.50. The number of ether oxygens (including phenoxy) is 6. The fourth-order valence-corrected chi connectivity index (χ4v) is 1.25. The molecule has 0 aliphatic heterocycles. The SMILES string of the molecule is COC(OC)(OC)C(OC)(OC)OC. The Hall–Kier alpha value is -0.240. The molecular weight excluding hydrogens is 192 g/mol. The first-order valence-corrected chi connectivity index (χ1v) is 3.92. The van der Waals surface area contributed by atoms with Crippen molar-refractivity contribution in [2.75, 3.05) is 42.7 Å². The van der Waals surface area contributed by atoms with Crippen LogP contribution < -0.4 is 0 Å². The van der Waals surface area contributed by atoms with Crippen molar-refractivity contribution in [2.24, 2.45) is 0 Å². The molecule has 6 nitrogen and oxygen atoms in total. The summed E-state index contributed by atoms with van der Waals surface area (Å²) >= 11 is 0. The molecule has 0 amide bonds. The normalized spacial score (nSPS) is 13.3. The Labute approximate surface area is 84.0 Å². The first kappa shape index (κ1) is 13.8. The van der Waals surface area contributed by atoms with E-state index in [4.69, 9.17) is 28.4 Å². The molecule has 0 saturated heterocycles. The van der Waals surface area contributed by atoms with Crippen LogP contribution >= 0.6 is 0 Å². The Morgan fingerprint density at radius 3 is 0.643 bits per heavy atom. The van der Waals surface area contributed by atoms with Gasteiger partial charge in [-0.1, -0.05) is 0 Å². The van der Waals surface area contributed by atoms with Gasteiger partial charge in [0.2, 0.25) is 0 Å². The van der Waals surface area contributed by atoms with E-state index < -0.39 is 11.9 Å². The second kappa shape index (κ2) is 5.59. The van der Waals surface area contributed by atoms with Crippen LogP contribution in [0.2, 0.25) is 0 Å². The topological polar surface area (TPSA) is 55.4 Å². The molecule has 86 valence electrons. The van der Waals surface area contributed by atoms with Crippen molar-refractivity contribution in [3.63, 3.8) is 0 Å². The van der Waals surface area contributed by atoms with Crippen LogP contribution in [0.3, 0.4) is 0 Å². The van der Waals surface area contributed by atoms with E-state index in [0.29, 0.717) is 0 Å². The lowest BCUT2D eigenvalue weighted by Crippen LogP contribution is -2.61. The van der Waals surface area contributed by atoms with Gasteiger partial charge in [-0.05, 0) is 0 Å². The van der Waals surface area contributed by atoms with Crippen LogP contribution in [0.5, 0.6) is 0 Å². The van der Waals surface area contributed by atoms with Crippen molar-refractivity contribution in [2.45, 2.75) is 11.9 Å². The molecular formula is C8H18O6. The number of hydrogen-bond donors (Lipinski definition) is 0. The highest BCUT2D eigenvalue weighted by Crippen LogP contribution is 2.32. The van der Waals surface area contributed by atoms with Gasteiger partial charge in [-0.3, -0.25) is 0 Å². The van der Waals surface area contributed by atoms with Gasteiger partial charge in [0.25, 0.3) is 0 Å². The standard InChI is InChI=1S/C8H18O6/c1-9-7(10-2,11-3)8(12-4,13-5)14-6/h1-6H3. The van der Waals surface area contributed by atoms with Crippen LogP contribution in [-0.2, 0) is 28.4 Å². The average molecular weight is 210 g/mol. The number of methoxy groups -OCH3 is 6. The van der Waals surface area contributed by atoms with Crippen LogP contribution in [0, 0.1) is 0 Å². The molecule has 0 aliphatic rings. The third-order valence-corrected chi connectivity index (χ3v) is 1.99. The summed E-state index contributed by atoms with van der Waals surface area (Å²) < 4.78 is 30.3. The lowest BCUT2D eigenvalue weighted by atomic mass is 10.4. The fourth-order valence-electron chi connectivity index (χ4n) is 1.25. The van der Waals surface area contributed by atoms with E-state index in [2.05, 4.69) is 0 Å². The van der Waals surface area contributed by atoms with Crippen molar-refractivity contribution in [1.82, 2.24) is 0 Å². The fraction of sp³-hybridized carbons (Fsp3) is 1.00. The zero-order valence-electron chi connectivity index (χ0n) is 9.45. The molecule has 14 heavy (non-hydrogen) atoms. The molecule has 0 aliphatic carbocycles. The van der Waals surface area contributed by atoms with E-state index in [0.717, 1.165) is 0 Å². The number of rotatable bonds is 7. The second-order valence-electron chi connectivity index (χ2n) is 2.34. The lowest BCUT2D eigenvalue weighted by Gasteiger charge is -2.41. The maximum absolute atomic E-state index is 5.06. The second-order valence-corrected chi connectivity index (χ2v) is 2.34. The summed E-state index contributed by atoms with van der Waals surface area (Å²) in [6, 6.07) is 0. The molecule has 6 heteroatoms. The van der Waals surface area contributed by atoms with Crippen molar-refractivity contribution in [3.05, 3.63) is 0 Å². The molecule has 0 aromatic rings. The highest BCUT2D eigenvalue weighted by atomic mass is 17.0. The third-order valence-electron chi connectivity index (χ3n) is 1.99. The van der Waals surface area contributed by atoms with Crippen molar-refractivity contribution in [1.29, 1.82) is 0 Å². The van der Waals surface area contributed by atoms with Gasteiger partial charge in [0.1, 0.15) is 0 Å². The third kappa shape index (κ3) is 1.90. The summed E-state index contributed by atoms with van der Waals surface area (Å²) in [5.41, 5.74) is 0.